The van der Waals surface area contributed by atoms with Crippen LogP contribution in [0.1, 0.15) is 5.56 Å². The van der Waals surface area contributed by atoms with Crippen LogP contribution in [0.25, 0.3) is 10.4 Å². The number of rotatable bonds is 2. The molecule has 0 fully saturated rings. The molecule has 0 atom stereocenters. The van der Waals surface area contributed by atoms with Crippen LogP contribution in [0, 0.1) is 5.82 Å². The van der Waals surface area contributed by atoms with Gasteiger partial charge in [-0.1, -0.05) is 23.7 Å². The van der Waals surface area contributed by atoms with Gasteiger partial charge in [-0.05, 0) is 23.8 Å². The molecule has 0 aliphatic carbocycles. The van der Waals surface area contributed by atoms with Crippen molar-refractivity contribution in [3.8, 4) is 10.4 Å². The van der Waals surface area contributed by atoms with E-state index in [2.05, 4.69) is 0 Å². The Hall–Kier alpha value is -0.900. The minimum atomic E-state index is -0.264. The maximum Gasteiger partial charge on any atom is 0.128 e. The highest BCUT2D eigenvalue weighted by Crippen LogP contribution is 2.31. The summed E-state index contributed by atoms with van der Waals surface area (Å²) >= 11 is 7.24. The third-order valence-corrected chi connectivity index (χ3v) is 3.41. The summed E-state index contributed by atoms with van der Waals surface area (Å²) in [6.45, 7) is 0.220. The second-order valence-corrected chi connectivity index (χ2v) is 4.83. The molecule has 0 amide bonds. The first-order valence-electron chi connectivity index (χ1n) is 4.45. The van der Waals surface area contributed by atoms with E-state index >= 15 is 0 Å². The van der Waals surface area contributed by atoms with E-state index < -0.39 is 0 Å². The van der Waals surface area contributed by atoms with Crippen molar-refractivity contribution in [1.29, 1.82) is 0 Å². The van der Waals surface area contributed by atoms with Gasteiger partial charge in [-0.15, -0.1) is 11.3 Å². The van der Waals surface area contributed by atoms with Crippen molar-refractivity contribution in [2.24, 2.45) is 5.73 Å². The Kier molecular flexibility index (Phi) is 3.05. The molecule has 0 radical (unpaired) electrons. The van der Waals surface area contributed by atoms with Crippen LogP contribution in [-0.2, 0) is 6.54 Å². The molecule has 1 aromatic heterocycles. The van der Waals surface area contributed by atoms with Crippen molar-refractivity contribution in [1.82, 2.24) is 0 Å². The maximum atomic E-state index is 13.4. The second kappa shape index (κ2) is 4.31. The van der Waals surface area contributed by atoms with E-state index in [4.69, 9.17) is 17.3 Å². The van der Waals surface area contributed by atoms with E-state index in [0.717, 1.165) is 10.4 Å². The molecule has 2 N–H and O–H groups in total. The van der Waals surface area contributed by atoms with Gasteiger partial charge < -0.3 is 5.73 Å². The van der Waals surface area contributed by atoms with Crippen molar-refractivity contribution < 1.29 is 4.39 Å². The summed E-state index contributed by atoms with van der Waals surface area (Å²) in [5.41, 5.74) is 6.75. The minimum absolute atomic E-state index is 0.220. The smallest absolute Gasteiger partial charge is 0.128 e. The Morgan fingerprint density at radius 3 is 2.60 bits per heavy atom. The summed E-state index contributed by atoms with van der Waals surface area (Å²) in [4.78, 5) is 0.961. The minimum Gasteiger partial charge on any atom is -0.326 e. The summed E-state index contributed by atoms with van der Waals surface area (Å²) in [5, 5.41) is 0. The van der Waals surface area contributed by atoms with Gasteiger partial charge in [0.25, 0.3) is 0 Å². The fourth-order valence-electron chi connectivity index (χ4n) is 1.34. The van der Waals surface area contributed by atoms with E-state index in [9.17, 15) is 4.39 Å². The fourth-order valence-corrected chi connectivity index (χ4v) is 2.37. The third kappa shape index (κ3) is 2.20. The molecule has 15 heavy (non-hydrogen) atoms. The molecular formula is C11H9ClFNS. The first kappa shape index (κ1) is 10.6. The molecule has 0 spiro atoms. The van der Waals surface area contributed by atoms with E-state index in [-0.39, 0.29) is 12.4 Å². The number of benzene rings is 1. The van der Waals surface area contributed by atoms with Crippen LogP contribution in [-0.4, -0.2) is 0 Å². The average Bonchev–Trinajstić information content (AvgIpc) is 2.65. The Morgan fingerprint density at radius 2 is 2.07 bits per heavy atom. The molecule has 2 rings (SSSR count). The Labute approximate surface area is 96.3 Å². The van der Waals surface area contributed by atoms with Crippen LogP contribution in [0.4, 0.5) is 4.39 Å². The fraction of sp³-hybridized carbons (Fsp3) is 0.0909. The lowest BCUT2D eigenvalue weighted by Crippen LogP contribution is -1.99. The number of halogens is 2. The normalized spacial score (nSPS) is 10.6. The number of hydrogen-bond acceptors (Lipinski definition) is 2. The predicted molar refractivity (Wildman–Crippen MR) is 62.6 cm³/mol. The molecule has 2 aromatic rings. The van der Waals surface area contributed by atoms with Gasteiger partial charge in [0.05, 0.1) is 4.34 Å². The zero-order valence-corrected chi connectivity index (χ0v) is 9.41. The summed E-state index contributed by atoms with van der Waals surface area (Å²) in [7, 11) is 0. The van der Waals surface area contributed by atoms with E-state index in [1.165, 1.54) is 17.4 Å². The van der Waals surface area contributed by atoms with Crippen LogP contribution in [0.2, 0.25) is 4.34 Å². The SMILES string of the molecule is NCc1ccc(-c2ccc(Cl)s2)cc1F. The molecule has 0 unspecified atom stereocenters. The Bertz CT molecular complexity index is 481. The van der Waals surface area contributed by atoms with Gasteiger partial charge >= 0.3 is 0 Å². The molecule has 0 saturated carbocycles. The lowest BCUT2D eigenvalue weighted by Gasteiger charge is -2.02. The molecule has 0 aliphatic rings. The highest BCUT2D eigenvalue weighted by Gasteiger charge is 2.05. The quantitative estimate of drug-likeness (QED) is 0.853. The maximum absolute atomic E-state index is 13.4. The molecule has 0 bridgehead atoms. The van der Waals surface area contributed by atoms with Crippen molar-refractivity contribution in [3.05, 3.63) is 46.0 Å². The zero-order valence-electron chi connectivity index (χ0n) is 7.84. The third-order valence-electron chi connectivity index (χ3n) is 2.13. The summed E-state index contributed by atoms with van der Waals surface area (Å²) in [6, 6.07) is 8.73. The molecule has 1 aromatic carbocycles. The van der Waals surface area contributed by atoms with Crippen LogP contribution in [0.5, 0.6) is 0 Å². The first-order valence-corrected chi connectivity index (χ1v) is 5.64. The second-order valence-electron chi connectivity index (χ2n) is 3.11. The molecule has 4 heteroatoms. The van der Waals surface area contributed by atoms with Gasteiger partial charge in [0.2, 0.25) is 0 Å². The largest absolute Gasteiger partial charge is 0.326 e. The number of hydrogen-bond donors (Lipinski definition) is 1. The number of nitrogens with two attached hydrogens (primary N) is 1. The van der Waals surface area contributed by atoms with E-state index in [1.807, 2.05) is 12.1 Å². The lowest BCUT2D eigenvalue weighted by molar-refractivity contribution is 0.611. The van der Waals surface area contributed by atoms with E-state index in [1.54, 1.807) is 12.1 Å². The van der Waals surface area contributed by atoms with Crippen LogP contribution in [0.15, 0.2) is 30.3 Å². The van der Waals surface area contributed by atoms with Gasteiger partial charge in [-0.3, -0.25) is 0 Å². The predicted octanol–water partition coefficient (Wildman–Crippen LogP) is 3.67. The van der Waals surface area contributed by atoms with Gasteiger partial charge in [-0.2, -0.15) is 0 Å². The summed E-state index contributed by atoms with van der Waals surface area (Å²) in [5.74, 6) is -0.264. The van der Waals surface area contributed by atoms with Gasteiger partial charge in [0.15, 0.2) is 0 Å². The molecular weight excluding hydrogens is 233 g/mol. The van der Waals surface area contributed by atoms with Crippen LogP contribution < -0.4 is 5.73 Å². The highest BCUT2D eigenvalue weighted by molar-refractivity contribution is 7.19. The van der Waals surface area contributed by atoms with Gasteiger partial charge in [0.1, 0.15) is 5.82 Å². The van der Waals surface area contributed by atoms with Crippen molar-refractivity contribution >= 4 is 22.9 Å². The average molecular weight is 242 g/mol. The lowest BCUT2D eigenvalue weighted by atomic mass is 10.1. The number of thiophene rings is 1. The monoisotopic (exact) mass is 241 g/mol. The highest BCUT2D eigenvalue weighted by atomic mass is 35.5. The van der Waals surface area contributed by atoms with Gasteiger partial charge in [-0.25, -0.2) is 4.39 Å². The molecule has 1 heterocycles. The molecule has 0 aliphatic heterocycles. The van der Waals surface area contributed by atoms with Crippen molar-refractivity contribution in [2.75, 3.05) is 0 Å². The van der Waals surface area contributed by atoms with Gasteiger partial charge in [0, 0.05) is 17.0 Å². The first-order chi connectivity index (χ1) is 7.20. The van der Waals surface area contributed by atoms with Crippen molar-refractivity contribution in [2.45, 2.75) is 6.54 Å². The zero-order chi connectivity index (χ0) is 10.8. The van der Waals surface area contributed by atoms with Crippen LogP contribution in [0.3, 0.4) is 0 Å². The Balaban J connectivity index is 2.42. The molecule has 78 valence electrons. The van der Waals surface area contributed by atoms with Crippen molar-refractivity contribution in [3.63, 3.8) is 0 Å². The van der Waals surface area contributed by atoms with Crippen LogP contribution >= 0.6 is 22.9 Å². The topological polar surface area (TPSA) is 26.0 Å². The Morgan fingerprint density at radius 1 is 1.27 bits per heavy atom. The summed E-state index contributed by atoms with van der Waals surface area (Å²) in [6.07, 6.45) is 0. The summed E-state index contributed by atoms with van der Waals surface area (Å²) < 4.78 is 14.1. The molecule has 1 nitrogen and oxygen atoms in total. The standard InChI is InChI=1S/C11H9ClFNS/c12-11-4-3-10(15-11)7-1-2-8(6-14)9(13)5-7/h1-5H,6,14H2. The molecule has 0 saturated heterocycles. The van der Waals surface area contributed by atoms with E-state index in [0.29, 0.717) is 9.90 Å².